The Labute approximate surface area is 183 Å². The predicted molar refractivity (Wildman–Crippen MR) is 106 cm³/mol. The lowest BCUT2D eigenvalue weighted by Crippen LogP contribution is -2.11. The molecule has 0 saturated carbocycles. The molecule has 0 aliphatic heterocycles. The zero-order chi connectivity index (χ0) is 22.4. The number of hydrogen-bond donors (Lipinski definition) is 0. The van der Waals surface area contributed by atoms with E-state index in [1.165, 1.54) is 16.7 Å². The molecule has 13 heteroatoms. The highest BCUT2D eigenvalue weighted by Gasteiger charge is 2.37. The standard InChI is InChI=1S/C18H10F6N4S3/c1-28-14(13-3-2-4-29-13)26-27-15(28)31-16-25-12(8-30-16)9-5-10(17(19,20)21)7-11(6-9)18(22,23)24/h2-8H,1H3. The Morgan fingerprint density at radius 1 is 0.935 bits per heavy atom. The van der Waals surface area contributed by atoms with Crippen molar-refractivity contribution in [1.82, 2.24) is 19.7 Å². The van der Waals surface area contributed by atoms with Crippen LogP contribution in [-0.2, 0) is 19.4 Å². The molecule has 0 radical (unpaired) electrons. The average molecular weight is 492 g/mol. The van der Waals surface area contributed by atoms with Crippen LogP contribution < -0.4 is 0 Å². The van der Waals surface area contributed by atoms with E-state index < -0.39 is 23.5 Å². The van der Waals surface area contributed by atoms with Gasteiger partial charge in [0.15, 0.2) is 15.3 Å². The first kappa shape index (κ1) is 21.8. The highest BCUT2D eigenvalue weighted by molar-refractivity contribution is 8.00. The Hall–Kier alpha value is -2.38. The van der Waals surface area contributed by atoms with E-state index in [4.69, 9.17) is 0 Å². The quantitative estimate of drug-likeness (QED) is 0.292. The van der Waals surface area contributed by atoms with Crippen molar-refractivity contribution in [1.29, 1.82) is 0 Å². The fraction of sp³-hybridized carbons (Fsp3) is 0.167. The van der Waals surface area contributed by atoms with Crippen LogP contribution in [0.3, 0.4) is 0 Å². The third-order valence-corrected chi connectivity index (χ3v) is 6.96. The van der Waals surface area contributed by atoms with Gasteiger partial charge in [-0.15, -0.1) is 32.9 Å². The first-order valence-corrected chi connectivity index (χ1v) is 11.0. The van der Waals surface area contributed by atoms with Crippen molar-refractivity contribution >= 4 is 34.4 Å². The first-order valence-electron chi connectivity index (χ1n) is 8.39. The van der Waals surface area contributed by atoms with Crippen LogP contribution in [0.5, 0.6) is 0 Å². The van der Waals surface area contributed by atoms with Crippen molar-refractivity contribution in [2.75, 3.05) is 0 Å². The molecule has 31 heavy (non-hydrogen) atoms. The lowest BCUT2D eigenvalue weighted by atomic mass is 10.0. The summed E-state index contributed by atoms with van der Waals surface area (Å²) in [6.07, 6.45) is -9.83. The third kappa shape index (κ3) is 4.62. The fourth-order valence-corrected chi connectivity index (χ4v) is 5.10. The number of halogens is 6. The summed E-state index contributed by atoms with van der Waals surface area (Å²) in [4.78, 5) is 5.11. The van der Waals surface area contributed by atoms with Crippen molar-refractivity contribution in [2.45, 2.75) is 21.8 Å². The predicted octanol–water partition coefficient (Wildman–Crippen LogP) is 6.86. The van der Waals surface area contributed by atoms with E-state index in [1.807, 2.05) is 17.5 Å². The second kappa shape index (κ2) is 7.95. The Morgan fingerprint density at radius 3 is 2.19 bits per heavy atom. The molecule has 4 aromatic rings. The minimum absolute atomic E-state index is 0.0183. The summed E-state index contributed by atoms with van der Waals surface area (Å²) in [5.74, 6) is 0.641. The van der Waals surface area contributed by atoms with Gasteiger partial charge in [0.2, 0.25) is 0 Å². The molecule has 0 amide bonds. The number of aromatic nitrogens is 4. The fourth-order valence-electron chi connectivity index (χ4n) is 2.64. The van der Waals surface area contributed by atoms with Crippen LogP contribution >= 0.6 is 34.4 Å². The van der Waals surface area contributed by atoms with Gasteiger partial charge in [-0.25, -0.2) is 4.98 Å². The maximum Gasteiger partial charge on any atom is 0.416 e. The summed E-state index contributed by atoms with van der Waals surface area (Å²) in [7, 11) is 1.76. The molecule has 0 atom stereocenters. The van der Waals surface area contributed by atoms with Gasteiger partial charge in [-0.3, -0.25) is 0 Å². The molecular weight excluding hydrogens is 482 g/mol. The van der Waals surface area contributed by atoms with Crippen LogP contribution in [0, 0.1) is 0 Å². The summed E-state index contributed by atoms with van der Waals surface area (Å²) in [5, 5.41) is 12.0. The number of nitrogens with zero attached hydrogens (tertiary/aromatic N) is 4. The monoisotopic (exact) mass is 492 g/mol. The molecule has 0 saturated heterocycles. The van der Waals surface area contributed by atoms with Crippen LogP contribution in [0.2, 0.25) is 0 Å². The molecule has 0 bridgehead atoms. The van der Waals surface area contributed by atoms with Gasteiger partial charge in [0.05, 0.1) is 21.7 Å². The van der Waals surface area contributed by atoms with Crippen LogP contribution in [0.1, 0.15) is 11.1 Å². The molecule has 0 aliphatic carbocycles. The second-order valence-corrected chi connectivity index (χ2v) is 9.26. The van der Waals surface area contributed by atoms with Gasteiger partial charge < -0.3 is 4.57 Å². The molecule has 3 heterocycles. The lowest BCUT2D eigenvalue weighted by molar-refractivity contribution is -0.143. The molecule has 4 nitrogen and oxygen atoms in total. The molecule has 0 unspecified atom stereocenters. The van der Waals surface area contributed by atoms with Crippen LogP contribution in [-0.4, -0.2) is 19.7 Å². The molecule has 3 aromatic heterocycles. The number of rotatable bonds is 4. The van der Waals surface area contributed by atoms with Crippen LogP contribution in [0.4, 0.5) is 26.3 Å². The van der Waals surface area contributed by atoms with Crippen molar-refractivity contribution in [3.63, 3.8) is 0 Å². The van der Waals surface area contributed by atoms with Crippen molar-refractivity contribution in [3.8, 4) is 22.0 Å². The summed E-state index contributed by atoms with van der Waals surface area (Å²) in [5.41, 5.74) is -3.01. The summed E-state index contributed by atoms with van der Waals surface area (Å²) in [6, 6.07) is 5.18. The van der Waals surface area contributed by atoms with Crippen LogP contribution in [0.25, 0.3) is 22.0 Å². The lowest BCUT2D eigenvalue weighted by Gasteiger charge is -2.13. The van der Waals surface area contributed by atoms with Gasteiger partial charge in [-0.05, 0) is 41.4 Å². The Bertz CT molecular complexity index is 1180. The van der Waals surface area contributed by atoms with Gasteiger partial charge in [0.1, 0.15) is 0 Å². The topological polar surface area (TPSA) is 43.6 Å². The zero-order valence-corrected chi connectivity index (χ0v) is 17.8. The van der Waals surface area contributed by atoms with E-state index in [-0.39, 0.29) is 17.3 Å². The highest BCUT2D eigenvalue weighted by Crippen LogP contribution is 2.40. The molecule has 1 aromatic carbocycles. The normalized spacial score (nSPS) is 12.5. The SMILES string of the molecule is Cn1c(Sc2nc(-c3cc(C(F)(F)F)cc(C(F)(F)F)c3)cs2)nnc1-c1cccs1. The van der Waals surface area contributed by atoms with E-state index >= 15 is 0 Å². The zero-order valence-electron chi connectivity index (χ0n) is 15.3. The van der Waals surface area contributed by atoms with Gasteiger partial charge in [0.25, 0.3) is 0 Å². The number of thiazole rings is 1. The molecule has 0 N–H and O–H groups in total. The van der Waals surface area contributed by atoms with E-state index in [1.54, 1.807) is 11.6 Å². The van der Waals surface area contributed by atoms with Crippen molar-refractivity contribution in [3.05, 3.63) is 52.2 Å². The summed E-state index contributed by atoms with van der Waals surface area (Å²) >= 11 is 3.70. The van der Waals surface area contributed by atoms with E-state index in [0.29, 0.717) is 27.5 Å². The van der Waals surface area contributed by atoms with Gasteiger partial charge in [-0.1, -0.05) is 6.07 Å². The van der Waals surface area contributed by atoms with Gasteiger partial charge >= 0.3 is 12.4 Å². The van der Waals surface area contributed by atoms with Crippen molar-refractivity contribution < 1.29 is 26.3 Å². The Kier molecular flexibility index (Phi) is 5.60. The van der Waals surface area contributed by atoms with E-state index in [9.17, 15) is 26.3 Å². The van der Waals surface area contributed by atoms with E-state index in [0.717, 1.165) is 28.0 Å². The maximum atomic E-state index is 13.1. The number of thiophene rings is 1. The minimum atomic E-state index is -4.92. The van der Waals surface area contributed by atoms with E-state index in [2.05, 4.69) is 15.2 Å². The highest BCUT2D eigenvalue weighted by atomic mass is 32.2. The largest absolute Gasteiger partial charge is 0.416 e. The van der Waals surface area contributed by atoms with Gasteiger partial charge in [0, 0.05) is 18.0 Å². The summed E-state index contributed by atoms with van der Waals surface area (Å²) < 4.78 is 80.8. The first-order chi connectivity index (χ1) is 14.5. The molecule has 162 valence electrons. The Morgan fingerprint density at radius 2 is 1.61 bits per heavy atom. The smallest absolute Gasteiger partial charge is 0.304 e. The minimum Gasteiger partial charge on any atom is -0.304 e. The number of benzene rings is 1. The molecular formula is C18H10F6N4S3. The van der Waals surface area contributed by atoms with Crippen molar-refractivity contribution in [2.24, 2.45) is 7.05 Å². The Balaban J connectivity index is 1.65. The summed E-state index contributed by atoms with van der Waals surface area (Å²) in [6.45, 7) is 0. The average Bonchev–Trinajstić information content (AvgIpc) is 3.43. The number of alkyl halides is 6. The second-order valence-electron chi connectivity index (χ2n) is 6.24. The third-order valence-electron chi connectivity index (χ3n) is 4.12. The molecule has 4 rings (SSSR count). The van der Waals surface area contributed by atoms with Gasteiger partial charge in [-0.2, -0.15) is 26.3 Å². The maximum absolute atomic E-state index is 13.1. The number of hydrogen-bond acceptors (Lipinski definition) is 6. The molecule has 0 fully saturated rings. The molecule has 0 aliphatic rings. The molecule has 0 spiro atoms. The van der Waals surface area contributed by atoms with Crippen LogP contribution in [0.15, 0.2) is 50.6 Å².